The van der Waals surface area contributed by atoms with Crippen LogP contribution in [0.15, 0.2) is 58.1 Å². The molecule has 1 aromatic heterocycles. The average molecular weight is 473 g/mol. The first kappa shape index (κ1) is 22.3. The van der Waals surface area contributed by atoms with Gasteiger partial charge in [-0.05, 0) is 38.1 Å². The second kappa shape index (κ2) is 11.1. The van der Waals surface area contributed by atoms with E-state index in [9.17, 15) is 5.11 Å². The molecule has 1 atom stereocenters. The van der Waals surface area contributed by atoms with Gasteiger partial charge in [0.2, 0.25) is 0 Å². The number of likely N-dealkylation sites (N-methyl/N-ethyl adjacent to an activating group) is 1. The molecule has 0 spiro atoms. The predicted molar refractivity (Wildman–Crippen MR) is 114 cm³/mol. The zero-order valence-corrected chi connectivity index (χ0v) is 17.8. The molecule has 26 heavy (non-hydrogen) atoms. The zero-order valence-electron chi connectivity index (χ0n) is 15.5. The maximum Gasteiger partial charge on any atom is 0.193 e. The summed E-state index contributed by atoms with van der Waals surface area (Å²) < 4.78 is 11.0. The monoisotopic (exact) mass is 473 g/mol. The zero-order chi connectivity index (χ0) is 18.1. The van der Waals surface area contributed by atoms with Gasteiger partial charge in [-0.3, -0.25) is 0 Å². The van der Waals surface area contributed by atoms with Crippen molar-refractivity contribution in [3.8, 4) is 5.75 Å². The number of aliphatic hydroxyl groups is 1. The van der Waals surface area contributed by atoms with E-state index < -0.39 is 5.60 Å². The maximum absolute atomic E-state index is 10.5. The summed E-state index contributed by atoms with van der Waals surface area (Å²) in [7, 11) is 1.94. The van der Waals surface area contributed by atoms with Crippen LogP contribution in [0.25, 0.3) is 0 Å². The summed E-state index contributed by atoms with van der Waals surface area (Å²) in [5.41, 5.74) is -1.15. The number of nitrogens with zero attached hydrogens (tertiary/aromatic N) is 2. The summed E-state index contributed by atoms with van der Waals surface area (Å²) >= 11 is 0. The topological polar surface area (TPSA) is 70.2 Å². The number of aliphatic imine (C=N–C) groups is 1. The fraction of sp³-hybridized carbons (Fsp3) is 0.421. The normalized spacial score (nSPS) is 13.5. The van der Waals surface area contributed by atoms with Crippen LogP contribution in [0.2, 0.25) is 0 Å². The number of benzene rings is 1. The maximum atomic E-state index is 10.5. The van der Waals surface area contributed by atoms with Crippen molar-refractivity contribution in [1.82, 2.24) is 10.2 Å². The molecule has 7 heteroatoms. The molecule has 2 aromatic rings. The van der Waals surface area contributed by atoms with Crippen molar-refractivity contribution in [3.63, 3.8) is 0 Å². The van der Waals surface area contributed by atoms with Gasteiger partial charge in [0.25, 0.3) is 0 Å². The minimum Gasteiger partial charge on any atom is -0.492 e. The molecule has 0 aliphatic heterocycles. The Labute approximate surface area is 172 Å². The van der Waals surface area contributed by atoms with Crippen molar-refractivity contribution in [2.45, 2.75) is 19.4 Å². The van der Waals surface area contributed by atoms with Crippen LogP contribution in [-0.2, 0) is 5.60 Å². The van der Waals surface area contributed by atoms with E-state index in [1.807, 2.05) is 49.2 Å². The Morgan fingerprint density at radius 1 is 1.27 bits per heavy atom. The van der Waals surface area contributed by atoms with E-state index in [1.165, 1.54) is 0 Å². The Morgan fingerprint density at radius 2 is 2.00 bits per heavy atom. The van der Waals surface area contributed by atoms with Gasteiger partial charge in [-0.15, -0.1) is 24.0 Å². The van der Waals surface area contributed by atoms with Gasteiger partial charge in [-0.1, -0.05) is 18.2 Å². The molecular weight excluding hydrogens is 445 g/mol. The van der Waals surface area contributed by atoms with E-state index in [2.05, 4.69) is 10.3 Å². The Kier molecular flexibility index (Phi) is 9.50. The predicted octanol–water partition coefficient (Wildman–Crippen LogP) is 3.08. The molecule has 6 nitrogen and oxygen atoms in total. The molecule has 0 aliphatic carbocycles. The summed E-state index contributed by atoms with van der Waals surface area (Å²) in [4.78, 5) is 6.51. The fourth-order valence-corrected chi connectivity index (χ4v) is 2.28. The highest BCUT2D eigenvalue weighted by molar-refractivity contribution is 14.0. The van der Waals surface area contributed by atoms with Crippen molar-refractivity contribution in [1.29, 1.82) is 0 Å². The molecular formula is C19H28IN3O3. The summed E-state index contributed by atoms with van der Waals surface area (Å²) in [6, 6.07) is 13.2. The minimum absolute atomic E-state index is 0. The van der Waals surface area contributed by atoms with Gasteiger partial charge in [-0.2, -0.15) is 0 Å². The number of furan rings is 1. The number of para-hydroxylation sites is 1. The van der Waals surface area contributed by atoms with Crippen molar-refractivity contribution in [2.75, 3.05) is 33.3 Å². The number of ether oxygens (including phenoxy) is 1. The van der Waals surface area contributed by atoms with Crippen LogP contribution in [0.3, 0.4) is 0 Å². The van der Waals surface area contributed by atoms with E-state index in [1.54, 1.807) is 25.3 Å². The molecule has 144 valence electrons. The molecule has 0 saturated carbocycles. The van der Waals surface area contributed by atoms with E-state index in [-0.39, 0.29) is 30.5 Å². The van der Waals surface area contributed by atoms with Crippen LogP contribution < -0.4 is 10.1 Å². The Hall–Kier alpha value is -1.74. The Balaban J connectivity index is 0.00000338. The molecule has 2 N–H and O–H groups in total. The number of halogens is 1. The van der Waals surface area contributed by atoms with Crippen LogP contribution in [0.4, 0.5) is 0 Å². The standard InChI is InChI=1S/C19H27N3O3.HI/c1-4-20-18(21-15-19(2,23)17-11-8-13-25-17)22(3)12-14-24-16-9-6-5-7-10-16;/h5-11,13,23H,4,12,14-15H2,1-3H3,(H,20,21);1H. The Bertz CT molecular complexity index is 645. The molecule has 0 bridgehead atoms. The first-order valence-electron chi connectivity index (χ1n) is 8.46. The second-order valence-electron chi connectivity index (χ2n) is 6.00. The van der Waals surface area contributed by atoms with Gasteiger partial charge in [-0.25, -0.2) is 4.99 Å². The van der Waals surface area contributed by atoms with Crippen molar-refractivity contribution in [2.24, 2.45) is 4.99 Å². The highest BCUT2D eigenvalue weighted by atomic mass is 127. The van der Waals surface area contributed by atoms with Crippen LogP contribution in [0.1, 0.15) is 19.6 Å². The van der Waals surface area contributed by atoms with Gasteiger partial charge < -0.3 is 24.5 Å². The number of hydrogen-bond donors (Lipinski definition) is 2. The number of rotatable bonds is 8. The number of guanidine groups is 1. The largest absolute Gasteiger partial charge is 0.492 e. The number of nitrogens with one attached hydrogen (secondary N) is 1. The molecule has 0 aliphatic rings. The first-order chi connectivity index (χ1) is 12.0. The molecule has 0 radical (unpaired) electrons. The smallest absolute Gasteiger partial charge is 0.193 e. The molecule has 0 amide bonds. The summed E-state index contributed by atoms with van der Waals surface area (Å²) in [6.07, 6.45) is 1.55. The molecule has 1 aromatic carbocycles. The highest BCUT2D eigenvalue weighted by Crippen LogP contribution is 2.21. The summed E-state index contributed by atoms with van der Waals surface area (Å²) in [5, 5.41) is 13.8. The lowest BCUT2D eigenvalue weighted by molar-refractivity contribution is 0.0435. The lowest BCUT2D eigenvalue weighted by Crippen LogP contribution is -2.42. The Morgan fingerprint density at radius 3 is 2.62 bits per heavy atom. The van der Waals surface area contributed by atoms with Crippen molar-refractivity contribution in [3.05, 3.63) is 54.5 Å². The van der Waals surface area contributed by atoms with Crippen molar-refractivity contribution < 1.29 is 14.3 Å². The van der Waals surface area contributed by atoms with Gasteiger partial charge in [0.05, 0.1) is 19.4 Å². The molecule has 0 saturated heterocycles. The third-order valence-electron chi connectivity index (χ3n) is 3.72. The van der Waals surface area contributed by atoms with E-state index in [0.717, 1.165) is 12.3 Å². The van der Waals surface area contributed by atoms with Crippen LogP contribution in [0, 0.1) is 0 Å². The van der Waals surface area contributed by atoms with Gasteiger partial charge >= 0.3 is 0 Å². The lowest BCUT2D eigenvalue weighted by atomic mass is 10.0. The molecule has 0 fully saturated rings. The SMILES string of the molecule is CCNC(=NCC(C)(O)c1ccco1)N(C)CCOc1ccccc1.I. The molecule has 2 rings (SSSR count). The minimum atomic E-state index is -1.15. The van der Waals surface area contributed by atoms with Gasteiger partial charge in [0.15, 0.2) is 5.96 Å². The van der Waals surface area contributed by atoms with Gasteiger partial charge in [0.1, 0.15) is 23.7 Å². The number of hydrogen-bond acceptors (Lipinski definition) is 4. The second-order valence-corrected chi connectivity index (χ2v) is 6.00. The highest BCUT2D eigenvalue weighted by Gasteiger charge is 2.26. The lowest BCUT2D eigenvalue weighted by Gasteiger charge is -2.24. The van der Waals surface area contributed by atoms with E-state index in [0.29, 0.717) is 24.9 Å². The van der Waals surface area contributed by atoms with Crippen molar-refractivity contribution >= 4 is 29.9 Å². The van der Waals surface area contributed by atoms with E-state index in [4.69, 9.17) is 9.15 Å². The van der Waals surface area contributed by atoms with Gasteiger partial charge in [0, 0.05) is 13.6 Å². The van der Waals surface area contributed by atoms with Crippen LogP contribution in [-0.4, -0.2) is 49.3 Å². The molecule has 1 heterocycles. The first-order valence-corrected chi connectivity index (χ1v) is 8.46. The third-order valence-corrected chi connectivity index (χ3v) is 3.72. The average Bonchev–Trinajstić information content (AvgIpc) is 3.15. The quantitative estimate of drug-likeness (QED) is 0.351. The van der Waals surface area contributed by atoms with Crippen LogP contribution in [0.5, 0.6) is 5.75 Å². The molecule has 1 unspecified atom stereocenters. The van der Waals surface area contributed by atoms with E-state index >= 15 is 0 Å². The summed E-state index contributed by atoms with van der Waals surface area (Å²) in [5.74, 6) is 2.06. The van der Waals surface area contributed by atoms with Crippen LogP contribution >= 0.6 is 24.0 Å². The third kappa shape index (κ3) is 6.87. The summed E-state index contributed by atoms with van der Waals surface area (Å²) in [6.45, 7) is 5.85. The fourth-order valence-electron chi connectivity index (χ4n) is 2.28.